The van der Waals surface area contributed by atoms with Crippen LogP contribution in [0.25, 0.3) is 10.8 Å². The van der Waals surface area contributed by atoms with Crippen molar-refractivity contribution in [2.24, 2.45) is 0 Å². The molecule has 2 nitrogen and oxygen atoms in total. The molecule has 0 aliphatic carbocycles. The normalized spacial score (nSPS) is 10.4. The van der Waals surface area contributed by atoms with Crippen molar-refractivity contribution in [3.8, 4) is 0 Å². The van der Waals surface area contributed by atoms with Gasteiger partial charge in [0.15, 0.2) is 5.11 Å². The van der Waals surface area contributed by atoms with E-state index in [0.29, 0.717) is 5.11 Å². The molecular formula is C15H17BrN2S. The van der Waals surface area contributed by atoms with Crippen LogP contribution in [0.1, 0.15) is 19.8 Å². The molecule has 0 aliphatic heterocycles. The first kappa shape index (κ1) is 14.3. The molecule has 0 spiro atoms. The highest BCUT2D eigenvalue weighted by Crippen LogP contribution is 2.22. The van der Waals surface area contributed by atoms with E-state index >= 15 is 0 Å². The SMILES string of the molecule is CCCCNC(=S)Nc1ccc2cc(Br)ccc2c1. The molecule has 0 aromatic heterocycles. The molecule has 2 aromatic rings. The summed E-state index contributed by atoms with van der Waals surface area (Å²) in [6.45, 7) is 3.09. The summed E-state index contributed by atoms with van der Waals surface area (Å²) in [5, 5.41) is 9.51. The number of halogens is 1. The predicted molar refractivity (Wildman–Crippen MR) is 90.8 cm³/mol. The van der Waals surface area contributed by atoms with E-state index < -0.39 is 0 Å². The standard InChI is InChI=1S/C15H17BrN2S/c1-2-3-8-17-15(19)18-14-7-5-11-9-13(16)6-4-12(11)10-14/h4-7,9-10H,2-3,8H2,1H3,(H2,17,18,19). The second-order valence-corrected chi connectivity index (χ2v) is 5.76. The highest BCUT2D eigenvalue weighted by molar-refractivity contribution is 9.10. The maximum Gasteiger partial charge on any atom is 0.170 e. The molecule has 0 saturated heterocycles. The smallest absolute Gasteiger partial charge is 0.170 e. The first-order chi connectivity index (χ1) is 9.19. The maximum atomic E-state index is 5.26. The minimum Gasteiger partial charge on any atom is -0.362 e. The van der Waals surface area contributed by atoms with Crippen LogP contribution < -0.4 is 10.6 Å². The van der Waals surface area contributed by atoms with Crippen LogP contribution in [0.4, 0.5) is 5.69 Å². The molecule has 2 N–H and O–H groups in total. The lowest BCUT2D eigenvalue weighted by atomic mass is 10.1. The molecule has 0 fully saturated rings. The molecule has 0 heterocycles. The van der Waals surface area contributed by atoms with Crippen LogP contribution in [-0.4, -0.2) is 11.7 Å². The second kappa shape index (κ2) is 6.87. The minimum atomic E-state index is 0.685. The molecule has 0 atom stereocenters. The monoisotopic (exact) mass is 336 g/mol. The first-order valence-electron chi connectivity index (χ1n) is 6.43. The summed E-state index contributed by atoms with van der Waals surface area (Å²) in [6.07, 6.45) is 2.30. The topological polar surface area (TPSA) is 24.1 Å². The van der Waals surface area contributed by atoms with E-state index in [2.05, 4.69) is 57.8 Å². The van der Waals surface area contributed by atoms with Gasteiger partial charge in [-0.25, -0.2) is 0 Å². The number of anilines is 1. The van der Waals surface area contributed by atoms with Crippen LogP contribution in [0.15, 0.2) is 40.9 Å². The number of hydrogen-bond acceptors (Lipinski definition) is 1. The predicted octanol–water partition coefficient (Wildman–Crippen LogP) is 4.69. The second-order valence-electron chi connectivity index (χ2n) is 4.44. The Kier molecular flexibility index (Phi) is 5.16. The molecule has 2 rings (SSSR count). The van der Waals surface area contributed by atoms with E-state index in [1.807, 2.05) is 12.1 Å². The summed E-state index contributed by atoms with van der Waals surface area (Å²) in [6, 6.07) is 12.5. The lowest BCUT2D eigenvalue weighted by molar-refractivity contribution is 0.758. The largest absolute Gasteiger partial charge is 0.362 e. The molecule has 0 bridgehead atoms. The first-order valence-corrected chi connectivity index (χ1v) is 7.63. The molecule has 0 radical (unpaired) electrons. The summed E-state index contributed by atoms with van der Waals surface area (Å²) in [5.41, 5.74) is 1.02. The number of fused-ring (bicyclic) bond motifs is 1. The average molecular weight is 337 g/mol. The van der Waals surface area contributed by atoms with Crippen molar-refractivity contribution in [1.82, 2.24) is 5.32 Å². The fraction of sp³-hybridized carbons (Fsp3) is 0.267. The lowest BCUT2D eigenvalue weighted by Crippen LogP contribution is -2.29. The summed E-state index contributed by atoms with van der Waals surface area (Å²) in [4.78, 5) is 0. The number of nitrogens with one attached hydrogen (secondary N) is 2. The Balaban J connectivity index is 2.05. The van der Waals surface area contributed by atoms with Gasteiger partial charge in [-0.05, 0) is 53.7 Å². The summed E-state index contributed by atoms with van der Waals surface area (Å²) >= 11 is 8.74. The molecule has 4 heteroatoms. The van der Waals surface area contributed by atoms with E-state index in [0.717, 1.165) is 23.1 Å². The van der Waals surface area contributed by atoms with Crippen molar-refractivity contribution >= 4 is 49.7 Å². The number of rotatable bonds is 4. The van der Waals surface area contributed by atoms with Crippen molar-refractivity contribution in [2.45, 2.75) is 19.8 Å². The quantitative estimate of drug-likeness (QED) is 0.625. The van der Waals surface area contributed by atoms with Crippen LogP contribution in [0.3, 0.4) is 0 Å². The fourth-order valence-electron chi connectivity index (χ4n) is 1.85. The molecule has 100 valence electrons. The van der Waals surface area contributed by atoms with Gasteiger partial charge in [-0.15, -0.1) is 0 Å². The lowest BCUT2D eigenvalue weighted by Gasteiger charge is -2.10. The van der Waals surface area contributed by atoms with Gasteiger partial charge >= 0.3 is 0 Å². The number of thiocarbonyl (C=S) groups is 1. The Hall–Kier alpha value is -1.13. The van der Waals surface area contributed by atoms with Crippen LogP contribution in [0, 0.1) is 0 Å². The van der Waals surface area contributed by atoms with E-state index in [1.54, 1.807) is 0 Å². The Labute approximate surface area is 127 Å². The third kappa shape index (κ3) is 4.18. The van der Waals surface area contributed by atoms with Gasteiger partial charge in [0.1, 0.15) is 0 Å². The van der Waals surface area contributed by atoms with Gasteiger partial charge in [0.05, 0.1) is 0 Å². The van der Waals surface area contributed by atoms with Crippen molar-refractivity contribution in [1.29, 1.82) is 0 Å². The Morgan fingerprint density at radius 1 is 1.16 bits per heavy atom. The van der Waals surface area contributed by atoms with Gasteiger partial charge in [0, 0.05) is 16.7 Å². The Morgan fingerprint density at radius 2 is 1.89 bits per heavy atom. The van der Waals surface area contributed by atoms with Crippen LogP contribution >= 0.6 is 28.1 Å². The van der Waals surface area contributed by atoms with Crippen molar-refractivity contribution < 1.29 is 0 Å². The molecule has 0 unspecified atom stereocenters. The van der Waals surface area contributed by atoms with E-state index in [4.69, 9.17) is 12.2 Å². The maximum absolute atomic E-state index is 5.26. The zero-order valence-corrected chi connectivity index (χ0v) is 13.3. The van der Waals surface area contributed by atoms with Crippen LogP contribution in [-0.2, 0) is 0 Å². The van der Waals surface area contributed by atoms with Crippen molar-refractivity contribution in [3.05, 3.63) is 40.9 Å². The van der Waals surface area contributed by atoms with Gasteiger partial charge in [-0.2, -0.15) is 0 Å². The summed E-state index contributed by atoms with van der Waals surface area (Å²) in [7, 11) is 0. The Morgan fingerprint density at radius 3 is 2.68 bits per heavy atom. The van der Waals surface area contributed by atoms with E-state index in [-0.39, 0.29) is 0 Å². The van der Waals surface area contributed by atoms with Gasteiger partial charge in [0.25, 0.3) is 0 Å². The minimum absolute atomic E-state index is 0.685. The van der Waals surface area contributed by atoms with Gasteiger partial charge < -0.3 is 10.6 Å². The fourth-order valence-corrected chi connectivity index (χ4v) is 2.45. The van der Waals surface area contributed by atoms with Gasteiger partial charge in [0.2, 0.25) is 0 Å². The van der Waals surface area contributed by atoms with Gasteiger partial charge in [-0.1, -0.05) is 41.4 Å². The molecule has 19 heavy (non-hydrogen) atoms. The zero-order chi connectivity index (χ0) is 13.7. The van der Waals surface area contributed by atoms with E-state index in [9.17, 15) is 0 Å². The molecule has 0 amide bonds. The third-order valence-corrected chi connectivity index (χ3v) is 3.62. The van der Waals surface area contributed by atoms with Crippen LogP contribution in [0.5, 0.6) is 0 Å². The third-order valence-electron chi connectivity index (χ3n) is 2.88. The Bertz CT molecular complexity index is 583. The highest BCUT2D eigenvalue weighted by Gasteiger charge is 1.99. The van der Waals surface area contributed by atoms with Gasteiger partial charge in [-0.3, -0.25) is 0 Å². The average Bonchev–Trinajstić information content (AvgIpc) is 2.39. The number of unbranched alkanes of at least 4 members (excludes halogenated alkanes) is 1. The molecule has 0 aliphatic rings. The van der Waals surface area contributed by atoms with Crippen molar-refractivity contribution in [2.75, 3.05) is 11.9 Å². The van der Waals surface area contributed by atoms with E-state index in [1.165, 1.54) is 17.2 Å². The molecule has 2 aromatic carbocycles. The highest BCUT2D eigenvalue weighted by atomic mass is 79.9. The molecular weight excluding hydrogens is 320 g/mol. The summed E-state index contributed by atoms with van der Waals surface area (Å²) < 4.78 is 1.09. The number of benzene rings is 2. The molecule has 0 saturated carbocycles. The number of hydrogen-bond donors (Lipinski definition) is 2. The van der Waals surface area contributed by atoms with Crippen LogP contribution in [0.2, 0.25) is 0 Å². The zero-order valence-electron chi connectivity index (χ0n) is 10.9. The van der Waals surface area contributed by atoms with Crippen molar-refractivity contribution in [3.63, 3.8) is 0 Å². The summed E-state index contributed by atoms with van der Waals surface area (Å²) in [5.74, 6) is 0.